The first-order valence-corrected chi connectivity index (χ1v) is 10.6. The lowest BCUT2D eigenvalue weighted by atomic mass is 10.0. The van der Waals surface area contributed by atoms with Crippen molar-refractivity contribution in [3.63, 3.8) is 0 Å². The van der Waals surface area contributed by atoms with Crippen molar-refractivity contribution in [2.75, 3.05) is 26.2 Å². The summed E-state index contributed by atoms with van der Waals surface area (Å²) in [5.74, 6) is 0.242. The summed E-state index contributed by atoms with van der Waals surface area (Å²) in [4.78, 5) is 12.0. The molecule has 0 aliphatic carbocycles. The molecule has 0 rings (SSSR count). The van der Waals surface area contributed by atoms with Gasteiger partial charge in [-0.2, -0.15) is 0 Å². The molecule has 0 aromatic carbocycles. The molecule has 0 saturated heterocycles. The topological polar surface area (TPSA) is 37.3 Å². The Kier molecular flexibility index (Phi) is 18.8. The Balaban J connectivity index is 0. The Labute approximate surface area is 163 Å². The van der Waals surface area contributed by atoms with Crippen LogP contribution in [0.25, 0.3) is 0 Å². The SMILES string of the molecule is CCCCCCCCCCCC(=O)CC(O)C[N+](CC)(CC)CC.[Cl-]. The van der Waals surface area contributed by atoms with Crippen LogP contribution >= 0.6 is 0 Å². The van der Waals surface area contributed by atoms with Crippen LogP contribution in [0.2, 0.25) is 0 Å². The number of halogens is 1. The molecule has 0 heterocycles. The fraction of sp³-hybridized carbons (Fsp3) is 0.952. The van der Waals surface area contributed by atoms with E-state index in [-0.39, 0.29) is 18.2 Å². The van der Waals surface area contributed by atoms with E-state index in [0.29, 0.717) is 19.4 Å². The Morgan fingerprint density at radius 3 is 1.68 bits per heavy atom. The van der Waals surface area contributed by atoms with Crippen LogP contribution in [0.5, 0.6) is 0 Å². The molecule has 152 valence electrons. The molecule has 1 unspecified atom stereocenters. The third-order valence-corrected chi connectivity index (χ3v) is 5.63. The standard InChI is InChI=1S/C21H44NO2.ClH/c1-5-9-10-11-12-13-14-15-16-17-20(23)18-21(24)19-22(6-2,7-3)8-4;/h21,24H,5-19H2,1-4H3;1H/q+1;/p-1. The fourth-order valence-corrected chi connectivity index (χ4v) is 3.57. The van der Waals surface area contributed by atoms with Crippen molar-refractivity contribution in [3.05, 3.63) is 0 Å². The van der Waals surface area contributed by atoms with Crippen LogP contribution in [0.4, 0.5) is 0 Å². The van der Waals surface area contributed by atoms with E-state index in [0.717, 1.165) is 37.0 Å². The molecule has 1 atom stereocenters. The van der Waals surface area contributed by atoms with Crippen molar-refractivity contribution < 1.29 is 26.8 Å². The average molecular weight is 378 g/mol. The van der Waals surface area contributed by atoms with Crippen LogP contribution in [-0.4, -0.2) is 47.7 Å². The van der Waals surface area contributed by atoms with Crippen molar-refractivity contribution >= 4 is 5.78 Å². The number of Topliss-reactive ketones (excluding diaryl/α,β-unsaturated/α-hetero) is 1. The van der Waals surface area contributed by atoms with Gasteiger partial charge in [0.05, 0.1) is 19.6 Å². The second-order valence-corrected chi connectivity index (χ2v) is 7.45. The molecule has 0 aromatic heterocycles. The number of ketones is 1. The van der Waals surface area contributed by atoms with Crippen molar-refractivity contribution in [1.82, 2.24) is 0 Å². The molecule has 0 aromatic rings. The van der Waals surface area contributed by atoms with Crippen LogP contribution in [0.15, 0.2) is 0 Å². The number of rotatable bonds is 17. The Morgan fingerprint density at radius 2 is 1.24 bits per heavy atom. The van der Waals surface area contributed by atoms with Gasteiger partial charge in [-0.15, -0.1) is 0 Å². The smallest absolute Gasteiger partial charge is 0.135 e. The summed E-state index contributed by atoms with van der Waals surface area (Å²) in [6, 6.07) is 0. The second-order valence-electron chi connectivity index (χ2n) is 7.45. The minimum Gasteiger partial charge on any atom is -1.00 e. The number of carbonyl (C=O) groups is 1. The molecule has 25 heavy (non-hydrogen) atoms. The molecule has 0 spiro atoms. The lowest BCUT2D eigenvalue weighted by molar-refractivity contribution is -0.926. The summed E-state index contributed by atoms with van der Waals surface area (Å²) in [5.41, 5.74) is 0. The highest BCUT2D eigenvalue weighted by molar-refractivity contribution is 5.78. The van der Waals surface area contributed by atoms with Crippen LogP contribution in [0.3, 0.4) is 0 Å². The van der Waals surface area contributed by atoms with Gasteiger partial charge in [0, 0.05) is 12.8 Å². The molecule has 0 amide bonds. The Bertz CT molecular complexity index is 298. The molecule has 4 heteroatoms. The first-order valence-electron chi connectivity index (χ1n) is 10.6. The molecule has 1 N–H and O–H groups in total. The van der Waals surface area contributed by atoms with E-state index in [1.54, 1.807) is 0 Å². The number of quaternary nitrogens is 1. The predicted molar refractivity (Wildman–Crippen MR) is 104 cm³/mol. The maximum atomic E-state index is 12.0. The first-order chi connectivity index (χ1) is 11.5. The van der Waals surface area contributed by atoms with E-state index in [9.17, 15) is 9.90 Å². The summed E-state index contributed by atoms with van der Waals surface area (Å²) in [7, 11) is 0. The van der Waals surface area contributed by atoms with Crippen molar-refractivity contribution in [1.29, 1.82) is 0 Å². The average Bonchev–Trinajstić information content (AvgIpc) is 2.58. The summed E-state index contributed by atoms with van der Waals surface area (Å²) >= 11 is 0. The van der Waals surface area contributed by atoms with Gasteiger partial charge in [0.25, 0.3) is 0 Å². The normalized spacial score (nSPS) is 12.7. The van der Waals surface area contributed by atoms with Gasteiger partial charge in [-0.25, -0.2) is 0 Å². The molecule has 0 aliphatic heterocycles. The van der Waals surface area contributed by atoms with Gasteiger partial charge in [-0.1, -0.05) is 58.3 Å². The molecule has 0 aliphatic rings. The maximum absolute atomic E-state index is 12.0. The second kappa shape index (κ2) is 17.3. The monoisotopic (exact) mass is 377 g/mol. The molecule has 0 saturated carbocycles. The number of nitrogens with zero attached hydrogens (tertiary/aromatic N) is 1. The van der Waals surface area contributed by atoms with Gasteiger partial charge in [-0.3, -0.25) is 4.79 Å². The van der Waals surface area contributed by atoms with Gasteiger partial charge < -0.3 is 22.0 Å². The first kappa shape index (κ1) is 27.1. The minimum absolute atomic E-state index is 0. The number of hydrogen-bond donors (Lipinski definition) is 1. The number of unbranched alkanes of at least 4 members (excludes halogenated alkanes) is 8. The maximum Gasteiger partial charge on any atom is 0.135 e. The van der Waals surface area contributed by atoms with E-state index >= 15 is 0 Å². The van der Waals surface area contributed by atoms with E-state index in [1.807, 2.05) is 0 Å². The summed E-state index contributed by atoms with van der Waals surface area (Å²) in [6.45, 7) is 12.5. The number of aliphatic hydroxyl groups is 1. The van der Waals surface area contributed by atoms with E-state index < -0.39 is 6.10 Å². The highest BCUT2D eigenvalue weighted by atomic mass is 35.5. The molecule has 0 bridgehead atoms. The van der Waals surface area contributed by atoms with Crippen molar-refractivity contribution in [3.8, 4) is 0 Å². The van der Waals surface area contributed by atoms with Gasteiger partial charge in [0.1, 0.15) is 18.4 Å². The Hall–Kier alpha value is -0.120. The number of carbonyl (C=O) groups excluding carboxylic acids is 1. The third kappa shape index (κ3) is 13.7. The Morgan fingerprint density at radius 1 is 0.800 bits per heavy atom. The lowest BCUT2D eigenvalue weighted by Crippen LogP contribution is -3.00. The quantitative estimate of drug-likeness (QED) is 0.311. The van der Waals surface area contributed by atoms with Crippen molar-refractivity contribution in [2.24, 2.45) is 0 Å². The van der Waals surface area contributed by atoms with Crippen LogP contribution in [-0.2, 0) is 4.79 Å². The van der Waals surface area contributed by atoms with E-state index in [1.165, 1.54) is 44.9 Å². The molecule has 0 fully saturated rings. The molecular formula is C21H44ClNO2. The summed E-state index contributed by atoms with van der Waals surface area (Å²) in [5, 5.41) is 10.3. The van der Waals surface area contributed by atoms with Crippen LogP contribution in [0, 0.1) is 0 Å². The number of likely N-dealkylation sites (N-methyl/N-ethyl adjacent to an activating group) is 1. The van der Waals surface area contributed by atoms with Gasteiger partial charge >= 0.3 is 0 Å². The highest BCUT2D eigenvalue weighted by Gasteiger charge is 2.26. The lowest BCUT2D eigenvalue weighted by Gasteiger charge is -2.37. The zero-order valence-electron chi connectivity index (χ0n) is 17.4. The molecular weight excluding hydrogens is 334 g/mol. The zero-order valence-corrected chi connectivity index (χ0v) is 18.1. The zero-order chi connectivity index (χ0) is 18.3. The predicted octanol–water partition coefficient (Wildman–Crippen LogP) is 2.11. The van der Waals surface area contributed by atoms with Gasteiger partial charge in [0.15, 0.2) is 0 Å². The van der Waals surface area contributed by atoms with Gasteiger partial charge in [0.2, 0.25) is 0 Å². The largest absolute Gasteiger partial charge is 1.00 e. The van der Waals surface area contributed by atoms with E-state index in [4.69, 9.17) is 0 Å². The number of hydrogen-bond acceptors (Lipinski definition) is 2. The molecule has 0 radical (unpaired) electrons. The van der Waals surface area contributed by atoms with Crippen molar-refractivity contribution in [2.45, 2.75) is 104 Å². The summed E-state index contributed by atoms with van der Waals surface area (Å²) in [6.07, 6.45) is 12.0. The number of aliphatic hydroxyl groups excluding tert-OH is 1. The van der Waals surface area contributed by atoms with Crippen LogP contribution in [0.1, 0.15) is 98.3 Å². The minimum atomic E-state index is -0.476. The van der Waals surface area contributed by atoms with E-state index in [2.05, 4.69) is 27.7 Å². The highest BCUT2D eigenvalue weighted by Crippen LogP contribution is 2.13. The fourth-order valence-electron chi connectivity index (χ4n) is 3.57. The third-order valence-electron chi connectivity index (χ3n) is 5.63. The molecule has 3 nitrogen and oxygen atoms in total. The van der Waals surface area contributed by atoms with Crippen LogP contribution < -0.4 is 12.4 Å². The summed E-state index contributed by atoms with van der Waals surface area (Å²) < 4.78 is 0.909. The van der Waals surface area contributed by atoms with Gasteiger partial charge in [-0.05, 0) is 27.2 Å².